The number of carbonyl (C=O) groups is 4. The smallest absolute Gasteiger partial charge is 0.224 e. The van der Waals surface area contributed by atoms with Crippen LogP contribution >= 0.6 is 0 Å². The van der Waals surface area contributed by atoms with E-state index in [1.807, 2.05) is 0 Å². The van der Waals surface area contributed by atoms with Gasteiger partial charge in [-0.25, -0.2) is 0 Å². The molecule has 3 rings (SSSR count). The maximum Gasteiger partial charge on any atom is 0.224 e. The Hall–Kier alpha value is -3.28. The number of ketones is 3. The van der Waals surface area contributed by atoms with E-state index in [0.717, 1.165) is 19.3 Å². The van der Waals surface area contributed by atoms with Gasteiger partial charge in [-0.05, 0) is 12.5 Å². The standard InChI is InChI=1S/C27H32N2O4/c1-3-5-6-7-8-9-10-15-22(31)29-25-20(28)16-19(21(30)4-2)23-24(25)27(33)18-14-12-11-13-17(18)26(23)32/h11-14,16H,3-10,15,28H2,1-2H3,(H,29,31). The van der Waals surface area contributed by atoms with Crippen molar-refractivity contribution in [2.24, 2.45) is 0 Å². The van der Waals surface area contributed by atoms with E-state index in [2.05, 4.69) is 12.2 Å². The molecule has 6 nitrogen and oxygen atoms in total. The highest BCUT2D eigenvalue weighted by Crippen LogP contribution is 2.38. The Morgan fingerprint density at radius 1 is 0.848 bits per heavy atom. The van der Waals surface area contributed by atoms with Gasteiger partial charge in [0.15, 0.2) is 17.3 Å². The summed E-state index contributed by atoms with van der Waals surface area (Å²) in [6, 6.07) is 7.92. The second kappa shape index (κ2) is 11.0. The lowest BCUT2D eigenvalue weighted by atomic mass is 9.79. The summed E-state index contributed by atoms with van der Waals surface area (Å²) < 4.78 is 0. The van der Waals surface area contributed by atoms with Gasteiger partial charge in [0.25, 0.3) is 0 Å². The van der Waals surface area contributed by atoms with Crippen molar-refractivity contribution in [3.05, 3.63) is 58.1 Å². The fourth-order valence-electron chi connectivity index (χ4n) is 4.30. The lowest BCUT2D eigenvalue weighted by Gasteiger charge is -2.24. The molecular weight excluding hydrogens is 416 g/mol. The molecular formula is C27H32N2O4. The third kappa shape index (κ3) is 5.21. The van der Waals surface area contributed by atoms with Gasteiger partial charge in [0.2, 0.25) is 5.91 Å². The maximum absolute atomic E-state index is 13.4. The molecule has 2 aromatic carbocycles. The van der Waals surface area contributed by atoms with Crippen LogP contribution in [0.2, 0.25) is 0 Å². The number of nitrogens with one attached hydrogen (secondary N) is 1. The number of hydrogen-bond acceptors (Lipinski definition) is 5. The van der Waals surface area contributed by atoms with E-state index in [4.69, 9.17) is 5.73 Å². The van der Waals surface area contributed by atoms with Crippen molar-refractivity contribution >= 4 is 34.6 Å². The first-order chi connectivity index (χ1) is 15.9. The van der Waals surface area contributed by atoms with Crippen LogP contribution in [0.4, 0.5) is 11.4 Å². The number of amides is 1. The third-order valence-electron chi connectivity index (χ3n) is 6.12. The van der Waals surface area contributed by atoms with Gasteiger partial charge in [0, 0.05) is 35.1 Å². The normalized spacial score (nSPS) is 12.3. The minimum Gasteiger partial charge on any atom is -0.397 e. The third-order valence-corrected chi connectivity index (χ3v) is 6.12. The van der Waals surface area contributed by atoms with Crippen molar-refractivity contribution in [1.29, 1.82) is 0 Å². The molecule has 3 N–H and O–H groups in total. The quantitative estimate of drug-likeness (QED) is 0.222. The summed E-state index contributed by atoms with van der Waals surface area (Å²) in [5, 5.41) is 2.77. The van der Waals surface area contributed by atoms with Crippen LogP contribution in [0.3, 0.4) is 0 Å². The molecule has 174 valence electrons. The molecule has 1 amide bonds. The van der Waals surface area contributed by atoms with Gasteiger partial charge in [-0.15, -0.1) is 0 Å². The first-order valence-electron chi connectivity index (χ1n) is 11.9. The van der Waals surface area contributed by atoms with Crippen molar-refractivity contribution in [3.63, 3.8) is 0 Å². The minimum absolute atomic E-state index is 0.0171. The van der Waals surface area contributed by atoms with Crippen LogP contribution < -0.4 is 11.1 Å². The van der Waals surface area contributed by atoms with E-state index in [1.54, 1.807) is 31.2 Å². The summed E-state index contributed by atoms with van der Waals surface area (Å²) in [6.07, 6.45) is 8.06. The molecule has 1 aliphatic carbocycles. The van der Waals surface area contributed by atoms with Crippen LogP contribution in [-0.2, 0) is 4.79 Å². The number of carbonyl (C=O) groups excluding carboxylic acids is 4. The van der Waals surface area contributed by atoms with Gasteiger partial charge in [-0.2, -0.15) is 0 Å². The molecule has 0 unspecified atom stereocenters. The number of benzene rings is 2. The van der Waals surface area contributed by atoms with Gasteiger partial charge < -0.3 is 11.1 Å². The number of fused-ring (bicyclic) bond motifs is 2. The molecule has 0 heterocycles. The lowest BCUT2D eigenvalue weighted by Crippen LogP contribution is -2.27. The van der Waals surface area contributed by atoms with Gasteiger partial charge in [0.05, 0.1) is 16.9 Å². The summed E-state index contributed by atoms with van der Waals surface area (Å²) in [5.41, 5.74) is 7.12. The van der Waals surface area contributed by atoms with Gasteiger partial charge in [-0.3, -0.25) is 19.2 Å². The van der Waals surface area contributed by atoms with E-state index < -0.39 is 11.6 Å². The molecule has 6 heteroatoms. The zero-order valence-corrected chi connectivity index (χ0v) is 19.5. The first-order valence-corrected chi connectivity index (χ1v) is 11.9. The summed E-state index contributed by atoms with van der Waals surface area (Å²) >= 11 is 0. The maximum atomic E-state index is 13.4. The Balaban J connectivity index is 1.88. The van der Waals surface area contributed by atoms with Crippen LogP contribution in [0.1, 0.15) is 114 Å². The van der Waals surface area contributed by atoms with Gasteiger partial charge >= 0.3 is 0 Å². The molecule has 33 heavy (non-hydrogen) atoms. The van der Waals surface area contributed by atoms with Gasteiger partial charge in [-0.1, -0.05) is 76.6 Å². The molecule has 0 spiro atoms. The molecule has 0 saturated heterocycles. The summed E-state index contributed by atoms with van der Waals surface area (Å²) in [4.78, 5) is 52.0. The predicted octanol–water partition coefficient (Wildman–Crippen LogP) is 5.72. The fraction of sp³-hybridized carbons (Fsp3) is 0.407. The van der Waals surface area contributed by atoms with E-state index >= 15 is 0 Å². The molecule has 0 atom stereocenters. The molecule has 0 saturated carbocycles. The van der Waals surface area contributed by atoms with Crippen molar-refractivity contribution in [1.82, 2.24) is 0 Å². The first kappa shape index (κ1) is 24.4. The Bertz CT molecular complexity index is 1090. The fourth-order valence-corrected chi connectivity index (χ4v) is 4.30. The second-order valence-electron chi connectivity index (χ2n) is 8.54. The van der Waals surface area contributed by atoms with Crippen molar-refractivity contribution in [2.75, 3.05) is 11.1 Å². The number of nitrogen functional groups attached to an aromatic ring is 1. The highest BCUT2D eigenvalue weighted by molar-refractivity contribution is 6.33. The Morgan fingerprint density at radius 2 is 1.42 bits per heavy atom. The molecule has 0 aromatic heterocycles. The topological polar surface area (TPSA) is 106 Å². The van der Waals surface area contributed by atoms with Crippen molar-refractivity contribution in [3.8, 4) is 0 Å². The second-order valence-corrected chi connectivity index (χ2v) is 8.54. The molecule has 0 aliphatic heterocycles. The lowest BCUT2D eigenvalue weighted by molar-refractivity contribution is -0.116. The minimum atomic E-state index is -0.413. The highest BCUT2D eigenvalue weighted by atomic mass is 16.2. The average Bonchev–Trinajstić information content (AvgIpc) is 2.82. The molecule has 0 bridgehead atoms. The monoisotopic (exact) mass is 448 g/mol. The van der Waals surface area contributed by atoms with Crippen LogP contribution in [-0.4, -0.2) is 23.3 Å². The Kier molecular flexibility index (Phi) is 8.15. The van der Waals surface area contributed by atoms with Crippen LogP contribution in [0.15, 0.2) is 30.3 Å². The molecule has 0 radical (unpaired) electrons. The molecule has 1 aliphatic rings. The number of nitrogens with two attached hydrogens (primary N) is 1. The number of unbranched alkanes of at least 4 members (excludes halogenated alkanes) is 6. The zero-order valence-electron chi connectivity index (χ0n) is 19.5. The van der Waals surface area contributed by atoms with E-state index in [9.17, 15) is 19.2 Å². The highest BCUT2D eigenvalue weighted by Gasteiger charge is 2.36. The number of anilines is 2. The summed E-state index contributed by atoms with van der Waals surface area (Å²) in [6.45, 7) is 3.86. The Morgan fingerprint density at radius 3 is 2.03 bits per heavy atom. The van der Waals surface area contributed by atoms with Crippen LogP contribution in [0.25, 0.3) is 0 Å². The zero-order chi connectivity index (χ0) is 24.0. The van der Waals surface area contributed by atoms with Gasteiger partial charge in [0.1, 0.15) is 0 Å². The Labute approximate surface area is 194 Å². The average molecular weight is 449 g/mol. The van der Waals surface area contributed by atoms with Crippen molar-refractivity contribution < 1.29 is 19.2 Å². The van der Waals surface area contributed by atoms with E-state index in [-0.39, 0.29) is 57.3 Å². The predicted molar refractivity (Wildman–Crippen MR) is 130 cm³/mol. The number of rotatable bonds is 11. The molecule has 0 fully saturated rings. The summed E-state index contributed by atoms with van der Waals surface area (Å²) in [5.74, 6) is -1.35. The number of Topliss-reactive ketones (excluding diaryl/α,β-unsaturated/α-hetero) is 1. The molecule has 2 aromatic rings. The van der Waals surface area contributed by atoms with E-state index in [0.29, 0.717) is 6.42 Å². The van der Waals surface area contributed by atoms with Crippen LogP contribution in [0.5, 0.6) is 0 Å². The van der Waals surface area contributed by atoms with Crippen molar-refractivity contribution in [2.45, 2.75) is 71.6 Å². The number of hydrogen-bond donors (Lipinski definition) is 2. The largest absolute Gasteiger partial charge is 0.397 e. The summed E-state index contributed by atoms with van der Waals surface area (Å²) in [7, 11) is 0. The van der Waals surface area contributed by atoms with E-state index in [1.165, 1.54) is 31.7 Å². The SMILES string of the molecule is CCCCCCCCCC(=O)Nc1c(N)cc(C(=O)CC)c2c1C(=O)c1ccccc1C2=O. The van der Waals surface area contributed by atoms with Crippen LogP contribution in [0, 0.1) is 0 Å².